The zero-order valence-electron chi connectivity index (χ0n) is 25.2. The van der Waals surface area contributed by atoms with Crippen LogP contribution in [0.3, 0.4) is 0 Å². The van der Waals surface area contributed by atoms with E-state index in [0.29, 0.717) is 24.2 Å². The fourth-order valence-corrected chi connectivity index (χ4v) is 6.92. The Hall–Kier alpha value is -4.38. The molecule has 0 bridgehead atoms. The third-order valence-corrected chi connectivity index (χ3v) is 9.42. The number of piperidine rings is 2. The standard InChI is InChI=1S/C35H34ClFN4O5/c1-46-24-13-17-40(18-14-24)30-7-3-5-27-26(30)15-19-41(32(27)33(42)39-23-10-8-21(9-11-23)35(44)45)34(43)29-20-22(12-16-38-29)25-4-2-6-28(36)31(25)37/h2-12,16,20,24,26,30,32H,13-15,17-19H2,1H3,(H,39,42)(H,44,45). The summed E-state index contributed by atoms with van der Waals surface area (Å²) in [5, 5.41) is 12.2. The van der Waals surface area contributed by atoms with Gasteiger partial charge in [-0.2, -0.15) is 0 Å². The largest absolute Gasteiger partial charge is 0.478 e. The first-order valence-corrected chi connectivity index (χ1v) is 15.6. The highest BCUT2D eigenvalue weighted by molar-refractivity contribution is 6.31. The number of allylic oxidation sites excluding steroid dienone is 2. The van der Waals surface area contributed by atoms with E-state index in [4.69, 9.17) is 16.3 Å². The van der Waals surface area contributed by atoms with E-state index in [2.05, 4.69) is 21.3 Å². The predicted octanol–water partition coefficient (Wildman–Crippen LogP) is 5.68. The van der Waals surface area contributed by atoms with Crippen LogP contribution in [-0.2, 0) is 9.53 Å². The lowest BCUT2D eigenvalue weighted by atomic mass is 9.76. The molecule has 238 valence electrons. The predicted molar refractivity (Wildman–Crippen MR) is 172 cm³/mol. The van der Waals surface area contributed by atoms with Crippen molar-refractivity contribution in [2.75, 3.05) is 32.1 Å². The average Bonchev–Trinajstić information content (AvgIpc) is 3.08. The van der Waals surface area contributed by atoms with E-state index in [0.717, 1.165) is 31.5 Å². The van der Waals surface area contributed by atoms with Gasteiger partial charge in [0.05, 0.1) is 16.7 Å². The number of hydrogen-bond acceptors (Lipinski definition) is 6. The van der Waals surface area contributed by atoms with Crippen LogP contribution in [0.25, 0.3) is 11.1 Å². The minimum atomic E-state index is -1.07. The molecule has 46 heavy (non-hydrogen) atoms. The highest BCUT2D eigenvalue weighted by Crippen LogP contribution is 2.38. The van der Waals surface area contributed by atoms with Crippen molar-refractivity contribution < 1.29 is 28.6 Å². The lowest BCUT2D eigenvalue weighted by Gasteiger charge is -2.47. The minimum absolute atomic E-state index is 0.00173. The van der Waals surface area contributed by atoms with Crippen molar-refractivity contribution >= 4 is 35.1 Å². The number of nitrogens with one attached hydrogen (secondary N) is 1. The molecule has 0 saturated carbocycles. The maximum atomic E-state index is 14.9. The summed E-state index contributed by atoms with van der Waals surface area (Å²) in [4.78, 5) is 47.9. The van der Waals surface area contributed by atoms with Gasteiger partial charge in [0.15, 0.2) is 0 Å². The van der Waals surface area contributed by atoms with E-state index in [-0.39, 0.29) is 39.9 Å². The van der Waals surface area contributed by atoms with Crippen LogP contribution in [0, 0.1) is 11.7 Å². The second-order valence-electron chi connectivity index (χ2n) is 11.7. The summed E-state index contributed by atoms with van der Waals surface area (Å²) >= 11 is 6.02. The van der Waals surface area contributed by atoms with Crippen molar-refractivity contribution in [3.63, 3.8) is 0 Å². The average molecular weight is 645 g/mol. The lowest BCUT2D eigenvalue weighted by Crippen LogP contribution is -2.57. The van der Waals surface area contributed by atoms with Gasteiger partial charge in [-0.1, -0.05) is 42.0 Å². The molecular formula is C35H34ClFN4O5. The second-order valence-corrected chi connectivity index (χ2v) is 12.1. The molecule has 6 rings (SSSR count). The Labute approximate surface area is 271 Å². The number of halogens is 2. The van der Waals surface area contributed by atoms with Crippen molar-refractivity contribution in [3.8, 4) is 11.1 Å². The Morgan fingerprint density at radius 2 is 1.80 bits per heavy atom. The molecule has 2 aliphatic heterocycles. The molecule has 3 atom stereocenters. The van der Waals surface area contributed by atoms with Gasteiger partial charge in [0.1, 0.15) is 17.6 Å². The van der Waals surface area contributed by atoms with Crippen LogP contribution in [-0.4, -0.2) is 82.6 Å². The lowest BCUT2D eigenvalue weighted by molar-refractivity contribution is -0.120. The molecule has 11 heteroatoms. The summed E-state index contributed by atoms with van der Waals surface area (Å²) in [7, 11) is 1.74. The summed E-state index contributed by atoms with van der Waals surface area (Å²) in [5.41, 5.74) is 2.07. The maximum absolute atomic E-state index is 14.9. The third-order valence-electron chi connectivity index (χ3n) is 9.13. The van der Waals surface area contributed by atoms with E-state index in [1.807, 2.05) is 12.2 Å². The van der Waals surface area contributed by atoms with Crippen LogP contribution >= 0.6 is 11.6 Å². The highest BCUT2D eigenvalue weighted by atomic mass is 35.5. The number of methoxy groups -OCH3 is 1. The zero-order valence-corrected chi connectivity index (χ0v) is 26.0. The second kappa shape index (κ2) is 13.5. The number of aromatic carboxylic acids is 1. The molecule has 2 fully saturated rings. The Kier molecular flexibility index (Phi) is 9.30. The van der Waals surface area contributed by atoms with Crippen LogP contribution in [0.5, 0.6) is 0 Å². The summed E-state index contributed by atoms with van der Waals surface area (Å²) in [6.07, 6.45) is 10.2. The molecule has 3 aliphatic rings. The third kappa shape index (κ3) is 6.33. The molecule has 1 aromatic heterocycles. The van der Waals surface area contributed by atoms with Crippen molar-refractivity contribution in [1.29, 1.82) is 0 Å². The van der Waals surface area contributed by atoms with Gasteiger partial charge in [0.2, 0.25) is 0 Å². The number of ether oxygens (including phenoxy) is 1. The van der Waals surface area contributed by atoms with Crippen molar-refractivity contribution in [2.24, 2.45) is 5.92 Å². The van der Waals surface area contributed by atoms with E-state index >= 15 is 0 Å². The van der Waals surface area contributed by atoms with Crippen LogP contribution in [0.2, 0.25) is 5.02 Å². The molecule has 2 aromatic carbocycles. The Bertz CT molecular complexity index is 1700. The molecule has 1 aliphatic carbocycles. The van der Waals surface area contributed by atoms with Gasteiger partial charge < -0.3 is 20.1 Å². The van der Waals surface area contributed by atoms with Gasteiger partial charge in [-0.15, -0.1) is 0 Å². The molecule has 3 unspecified atom stereocenters. The minimum Gasteiger partial charge on any atom is -0.478 e. The smallest absolute Gasteiger partial charge is 0.335 e. The first-order chi connectivity index (χ1) is 22.2. The Balaban J connectivity index is 1.32. The topological polar surface area (TPSA) is 112 Å². The number of aromatic nitrogens is 1. The number of hydrogen-bond donors (Lipinski definition) is 2. The molecular weight excluding hydrogens is 611 g/mol. The number of carboxylic acids is 1. The number of fused-ring (bicyclic) bond motifs is 1. The number of benzene rings is 2. The number of nitrogens with zero attached hydrogens (tertiary/aromatic N) is 3. The monoisotopic (exact) mass is 644 g/mol. The summed E-state index contributed by atoms with van der Waals surface area (Å²) in [6.45, 7) is 2.03. The molecule has 2 saturated heterocycles. The highest BCUT2D eigenvalue weighted by Gasteiger charge is 2.45. The quantitative estimate of drug-likeness (QED) is 0.340. The van der Waals surface area contributed by atoms with Crippen molar-refractivity contribution in [3.05, 3.63) is 107 Å². The molecule has 0 spiro atoms. The maximum Gasteiger partial charge on any atom is 0.335 e. The first-order valence-electron chi connectivity index (χ1n) is 15.3. The van der Waals surface area contributed by atoms with E-state index < -0.39 is 29.6 Å². The van der Waals surface area contributed by atoms with Gasteiger partial charge in [0.25, 0.3) is 11.8 Å². The Morgan fingerprint density at radius 3 is 2.52 bits per heavy atom. The van der Waals surface area contributed by atoms with Crippen molar-refractivity contribution in [1.82, 2.24) is 14.8 Å². The molecule has 9 nitrogen and oxygen atoms in total. The van der Waals surface area contributed by atoms with Crippen LogP contribution in [0.1, 0.15) is 40.1 Å². The number of carbonyl (C=O) groups excluding carboxylic acids is 2. The summed E-state index contributed by atoms with van der Waals surface area (Å²) in [5.74, 6) is -2.55. The van der Waals surface area contributed by atoms with Gasteiger partial charge in [-0.3, -0.25) is 19.5 Å². The Morgan fingerprint density at radius 1 is 1.04 bits per heavy atom. The number of pyridine rings is 1. The number of amides is 2. The fourth-order valence-electron chi connectivity index (χ4n) is 6.75. The SMILES string of the molecule is COC1CCN(C2C=CC=C3C2CCN(C(=O)c2cc(-c4cccc(Cl)c4F)ccn2)C3C(=O)Nc2ccc(C(=O)O)cc2)CC1. The normalized spacial score (nSPS) is 21.8. The molecule has 2 N–H and O–H groups in total. The molecule has 0 radical (unpaired) electrons. The van der Waals surface area contributed by atoms with Crippen LogP contribution in [0.4, 0.5) is 10.1 Å². The fraction of sp³-hybridized carbons (Fsp3) is 0.314. The number of rotatable bonds is 7. The van der Waals surface area contributed by atoms with E-state index in [9.17, 15) is 23.9 Å². The van der Waals surface area contributed by atoms with Gasteiger partial charge in [-0.05, 0) is 72.9 Å². The summed E-state index contributed by atoms with van der Waals surface area (Å²) in [6, 6.07) is 12.8. The van der Waals surface area contributed by atoms with Gasteiger partial charge in [0, 0.05) is 56.2 Å². The molecule has 3 aromatic rings. The molecule has 2 amide bonds. The van der Waals surface area contributed by atoms with E-state index in [1.54, 1.807) is 25.3 Å². The first kappa shape index (κ1) is 31.6. The van der Waals surface area contributed by atoms with Crippen molar-refractivity contribution in [2.45, 2.75) is 37.5 Å². The number of anilines is 1. The van der Waals surface area contributed by atoms with Crippen LogP contribution < -0.4 is 5.32 Å². The van der Waals surface area contributed by atoms with Crippen LogP contribution in [0.15, 0.2) is 84.6 Å². The van der Waals surface area contributed by atoms with E-state index in [1.165, 1.54) is 47.5 Å². The van der Waals surface area contributed by atoms with Gasteiger partial charge in [-0.25, -0.2) is 9.18 Å². The van der Waals surface area contributed by atoms with Gasteiger partial charge >= 0.3 is 5.97 Å². The number of carbonyl (C=O) groups is 3. The zero-order chi connectivity index (χ0) is 32.4. The number of carboxylic acid groups (broad SMARTS) is 1. The summed E-state index contributed by atoms with van der Waals surface area (Å²) < 4.78 is 20.4. The number of likely N-dealkylation sites (tertiary alicyclic amines) is 2. The molecule has 3 heterocycles.